The lowest BCUT2D eigenvalue weighted by Gasteiger charge is -2.24. The van der Waals surface area contributed by atoms with Gasteiger partial charge in [0, 0.05) is 17.1 Å². The normalized spacial score (nSPS) is 18.2. The maximum atomic E-state index is 12.8. The Balaban J connectivity index is 2.18. The molecule has 0 saturated carbocycles. The predicted molar refractivity (Wildman–Crippen MR) is 107 cm³/mol. The van der Waals surface area contributed by atoms with Crippen molar-refractivity contribution in [3.63, 3.8) is 0 Å². The fourth-order valence-electron chi connectivity index (χ4n) is 3.35. The summed E-state index contributed by atoms with van der Waals surface area (Å²) in [5.74, 6) is -1.14. The molecule has 1 fully saturated rings. The first kappa shape index (κ1) is 20.7. The minimum atomic E-state index is -0.854. The minimum absolute atomic E-state index is 0.0550. The van der Waals surface area contributed by atoms with Crippen LogP contribution >= 0.6 is 11.6 Å². The zero-order valence-electron chi connectivity index (χ0n) is 15.9. The van der Waals surface area contributed by atoms with E-state index in [4.69, 9.17) is 21.1 Å². The Morgan fingerprint density at radius 3 is 2.31 bits per heavy atom. The van der Waals surface area contributed by atoms with Crippen LogP contribution in [0.3, 0.4) is 0 Å². The molecule has 0 aromatic heterocycles. The van der Waals surface area contributed by atoms with Crippen LogP contribution in [0.1, 0.15) is 17.2 Å². The molecule has 1 saturated heterocycles. The Bertz CT molecular complexity index is 970. The molecule has 3 rings (SSSR count). The van der Waals surface area contributed by atoms with Crippen LogP contribution in [0.25, 0.3) is 5.76 Å². The van der Waals surface area contributed by atoms with Crippen molar-refractivity contribution in [1.82, 2.24) is 4.90 Å². The molecule has 0 radical (unpaired) electrons. The van der Waals surface area contributed by atoms with E-state index in [0.717, 1.165) is 0 Å². The van der Waals surface area contributed by atoms with E-state index in [1.165, 1.54) is 25.2 Å². The van der Waals surface area contributed by atoms with Crippen LogP contribution in [0.5, 0.6) is 11.5 Å². The van der Waals surface area contributed by atoms with Crippen molar-refractivity contribution in [2.45, 2.75) is 6.04 Å². The third-order valence-electron chi connectivity index (χ3n) is 4.72. The Hall–Kier alpha value is -3.03. The summed E-state index contributed by atoms with van der Waals surface area (Å²) in [4.78, 5) is 26.6. The van der Waals surface area contributed by atoms with E-state index in [1.54, 1.807) is 36.4 Å². The number of β-amino-alcohol motifs (C(OH)–C–C–N with tert-alkyl or cyclic N) is 1. The lowest BCUT2D eigenvalue weighted by Crippen LogP contribution is -2.32. The molecule has 0 bridgehead atoms. The number of Topliss-reactive ketones (excluding diaryl/α,β-unsaturated/α-hetero) is 1. The van der Waals surface area contributed by atoms with Crippen molar-refractivity contribution < 1.29 is 29.3 Å². The maximum absolute atomic E-state index is 12.8. The third kappa shape index (κ3) is 3.79. The van der Waals surface area contributed by atoms with Crippen LogP contribution in [0, 0.1) is 0 Å². The van der Waals surface area contributed by atoms with Gasteiger partial charge in [-0.15, -0.1) is 0 Å². The molecular weight excluding hydrogens is 398 g/mol. The van der Waals surface area contributed by atoms with E-state index in [2.05, 4.69) is 0 Å². The SMILES string of the molecule is COc1ccc(C(O)=C2C(=O)C(=O)N(CCO)[C@@H]2c2ccc(Cl)cc2)cc1OC. The average molecular weight is 418 g/mol. The van der Waals surface area contributed by atoms with Gasteiger partial charge >= 0.3 is 0 Å². The number of nitrogens with zero attached hydrogens (tertiary/aromatic N) is 1. The number of hydrogen-bond donors (Lipinski definition) is 2. The van der Waals surface area contributed by atoms with Crippen molar-refractivity contribution >= 4 is 29.1 Å². The Morgan fingerprint density at radius 1 is 1.07 bits per heavy atom. The molecule has 1 amide bonds. The van der Waals surface area contributed by atoms with E-state index in [-0.39, 0.29) is 24.5 Å². The number of halogens is 1. The molecule has 29 heavy (non-hydrogen) atoms. The summed E-state index contributed by atoms with van der Waals surface area (Å²) >= 11 is 5.96. The van der Waals surface area contributed by atoms with Crippen molar-refractivity contribution in [3.8, 4) is 11.5 Å². The van der Waals surface area contributed by atoms with Crippen LogP contribution < -0.4 is 9.47 Å². The number of carbonyl (C=O) groups is 2. The monoisotopic (exact) mass is 417 g/mol. The van der Waals surface area contributed by atoms with Crippen LogP contribution in [0.4, 0.5) is 0 Å². The van der Waals surface area contributed by atoms with Gasteiger partial charge in [0.05, 0.1) is 32.4 Å². The first-order valence-corrected chi connectivity index (χ1v) is 9.17. The molecule has 1 atom stereocenters. The summed E-state index contributed by atoms with van der Waals surface area (Å²) in [5.41, 5.74) is 0.811. The van der Waals surface area contributed by atoms with E-state index < -0.39 is 17.7 Å². The number of rotatable bonds is 6. The minimum Gasteiger partial charge on any atom is -0.507 e. The van der Waals surface area contributed by atoms with Gasteiger partial charge in [-0.05, 0) is 35.9 Å². The number of ether oxygens (including phenoxy) is 2. The van der Waals surface area contributed by atoms with Gasteiger partial charge in [-0.1, -0.05) is 23.7 Å². The second kappa shape index (κ2) is 8.55. The van der Waals surface area contributed by atoms with Gasteiger partial charge in [0.2, 0.25) is 0 Å². The van der Waals surface area contributed by atoms with Gasteiger partial charge in [0.15, 0.2) is 11.5 Å². The van der Waals surface area contributed by atoms with Crippen LogP contribution in [-0.2, 0) is 9.59 Å². The van der Waals surface area contributed by atoms with Crippen LogP contribution in [0.15, 0.2) is 48.0 Å². The van der Waals surface area contributed by atoms with Crippen molar-refractivity contribution in [2.24, 2.45) is 0 Å². The van der Waals surface area contributed by atoms with Gasteiger partial charge in [0.25, 0.3) is 11.7 Å². The molecule has 2 N–H and O–H groups in total. The number of benzene rings is 2. The van der Waals surface area contributed by atoms with E-state index in [0.29, 0.717) is 27.6 Å². The summed E-state index contributed by atoms with van der Waals surface area (Å²) < 4.78 is 10.4. The van der Waals surface area contributed by atoms with Gasteiger partial charge in [-0.2, -0.15) is 0 Å². The number of aliphatic hydroxyl groups is 2. The molecule has 152 valence electrons. The summed E-state index contributed by atoms with van der Waals surface area (Å²) in [7, 11) is 2.94. The molecule has 7 nitrogen and oxygen atoms in total. The molecule has 1 heterocycles. The standard InChI is InChI=1S/C21H20ClNO6/c1-28-15-8-5-13(11-16(15)29-2)19(25)17-18(12-3-6-14(22)7-4-12)23(9-10-24)21(27)20(17)26/h3-8,11,18,24-25H,9-10H2,1-2H3/t18-/m1/s1. The maximum Gasteiger partial charge on any atom is 0.295 e. The van der Waals surface area contributed by atoms with E-state index in [9.17, 15) is 19.8 Å². The highest BCUT2D eigenvalue weighted by Gasteiger charge is 2.45. The van der Waals surface area contributed by atoms with Crippen LogP contribution in [-0.4, -0.2) is 54.2 Å². The second-order valence-electron chi connectivity index (χ2n) is 6.34. The second-order valence-corrected chi connectivity index (χ2v) is 6.77. The number of carbonyl (C=O) groups excluding carboxylic acids is 2. The molecule has 2 aromatic carbocycles. The zero-order chi connectivity index (χ0) is 21.1. The quantitative estimate of drug-likeness (QED) is 0.426. The van der Waals surface area contributed by atoms with E-state index >= 15 is 0 Å². The molecule has 0 spiro atoms. The van der Waals surface area contributed by atoms with Gasteiger partial charge in [0.1, 0.15) is 5.76 Å². The van der Waals surface area contributed by atoms with Gasteiger partial charge < -0.3 is 24.6 Å². The number of methoxy groups -OCH3 is 2. The summed E-state index contributed by atoms with van der Waals surface area (Å²) in [6, 6.07) is 10.4. The fraction of sp³-hybridized carbons (Fsp3) is 0.238. The molecule has 8 heteroatoms. The first-order chi connectivity index (χ1) is 13.9. The average Bonchev–Trinajstić information content (AvgIpc) is 2.98. The van der Waals surface area contributed by atoms with Crippen molar-refractivity contribution in [3.05, 3.63) is 64.2 Å². The number of aliphatic hydroxyl groups excluding tert-OH is 2. The number of amides is 1. The Morgan fingerprint density at radius 2 is 1.72 bits per heavy atom. The Labute approximate surface area is 172 Å². The molecular formula is C21H20ClNO6. The lowest BCUT2D eigenvalue weighted by atomic mass is 9.95. The Kier molecular flexibility index (Phi) is 6.10. The topological polar surface area (TPSA) is 96.3 Å². The van der Waals surface area contributed by atoms with E-state index in [1.807, 2.05) is 0 Å². The highest BCUT2D eigenvalue weighted by atomic mass is 35.5. The highest BCUT2D eigenvalue weighted by Crippen LogP contribution is 2.40. The number of ketones is 1. The molecule has 0 aliphatic carbocycles. The summed E-state index contributed by atoms with van der Waals surface area (Å²) in [5, 5.41) is 20.8. The van der Waals surface area contributed by atoms with Gasteiger partial charge in [-0.3, -0.25) is 9.59 Å². The van der Waals surface area contributed by atoms with Gasteiger partial charge in [-0.25, -0.2) is 0 Å². The third-order valence-corrected chi connectivity index (χ3v) is 4.98. The summed E-state index contributed by atoms with van der Waals surface area (Å²) in [6.07, 6.45) is 0. The van der Waals surface area contributed by atoms with Crippen LogP contribution in [0.2, 0.25) is 5.02 Å². The molecule has 2 aromatic rings. The zero-order valence-corrected chi connectivity index (χ0v) is 16.6. The van der Waals surface area contributed by atoms with Crippen molar-refractivity contribution in [1.29, 1.82) is 0 Å². The molecule has 0 unspecified atom stereocenters. The molecule has 1 aliphatic heterocycles. The first-order valence-electron chi connectivity index (χ1n) is 8.80. The lowest BCUT2D eigenvalue weighted by molar-refractivity contribution is -0.140. The largest absolute Gasteiger partial charge is 0.507 e. The number of hydrogen-bond acceptors (Lipinski definition) is 6. The molecule has 1 aliphatic rings. The predicted octanol–water partition coefficient (Wildman–Crippen LogP) is 2.77. The number of likely N-dealkylation sites (tertiary alicyclic amines) is 1. The van der Waals surface area contributed by atoms with Crippen molar-refractivity contribution in [2.75, 3.05) is 27.4 Å². The summed E-state index contributed by atoms with van der Waals surface area (Å²) in [6.45, 7) is -0.381. The highest BCUT2D eigenvalue weighted by molar-refractivity contribution is 6.46. The smallest absolute Gasteiger partial charge is 0.295 e. The fourth-order valence-corrected chi connectivity index (χ4v) is 3.48.